The van der Waals surface area contributed by atoms with E-state index in [-0.39, 0.29) is 11.8 Å². The highest BCUT2D eigenvalue weighted by atomic mass is 79.9. The van der Waals surface area contributed by atoms with Gasteiger partial charge in [0.15, 0.2) is 0 Å². The predicted octanol–water partition coefficient (Wildman–Crippen LogP) is 2.07. The molecular weight excluding hydrogens is 352 g/mol. The molecule has 0 bridgehead atoms. The quantitative estimate of drug-likeness (QED) is 0.659. The van der Waals surface area contributed by atoms with Crippen LogP contribution in [0.3, 0.4) is 0 Å². The van der Waals surface area contributed by atoms with Gasteiger partial charge in [-0.15, -0.1) is 0 Å². The minimum absolute atomic E-state index is 0.00303. The van der Waals surface area contributed by atoms with Gasteiger partial charge < -0.3 is 15.4 Å². The van der Waals surface area contributed by atoms with Crippen LogP contribution in [0.25, 0.3) is 10.9 Å². The molecule has 116 valence electrons. The monoisotopic (exact) mass is 366 g/mol. The lowest BCUT2D eigenvalue weighted by Crippen LogP contribution is -2.46. The highest BCUT2D eigenvalue weighted by Crippen LogP contribution is 2.36. The van der Waals surface area contributed by atoms with E-state index in [2.05, 4.69) is 20.9 Å². The molecule has 1 saturated heterocycles. The Morgan fingerprint density at radius 2 is 2.36 bits per heavy atom. The van der Waals surface area contributed by atoms with Gasteiger partial charge in [0.25, 0.3) is 0 Å². The number of rotatable bonds is 3. The van der Waals surface area contributed by atoms with Crippen LogP contribution in [0.5, 0.6) is 0 Å². The Labute approximate surface area is 135 Å². The van der Waals surface area contributed by atoms with Crippen molar-refractivity contribution < 1.29 is 9.66 Å². The lowest BCUT2D eigenvalue weighted by Gasteiger charge is -2.34. The smallest absolute Gasteiger partial charge is 0.311 e. The number of aromatic nitrogens is 1. The zero-order valence-corrected chi connectivity index (χ0v) is 13.3. The van der Waals surface area contributed by atoms with Gasteiger partial charge in [0.1, 0.15) is 11.9 Å². The maximum atomic E-state index is 11.4. The summed E-state index contributed by atoms with van der Waals surface area (Å²) < 4.78 is 6.41. The van der Waals surface area contributed by atoms with E-state index in [4.69, 9.17) is 10.5 Å². The minimum Gasteiger partial charge on any atom is -0.373 e. The number of hydrogen-bond acceptors (Lipinski definition) is 6. The first-order chi connectivity index (χ1) is 10.6. The molecule has 3 rings (SSSR count). The molecule has 1 aliphatic rings. The molecular formula is C14H15BrN4O3. The zero-order chi connectivity index (χ0) is 15.7. The fourth-order valence-electron chi connectivity index (χ4n) is 2.67. The SMILES string of the molecule is NCC1CN(c2c([N+](=O)[O-])cnc3ccc(Br)cc23)CCO1. The van der Waals surface area contributed by atoms with Crippen LogP contribution in [-0.2, 0) is 4.74 Å². The maximum absolute atomic E-state index is 11.4. The number of benzene rings is 1. The van der Waals surface area contributed by atoms with Crippen molar-refractivity contribution in [2.45, 2.75) is 6.10 Å². The predicted molar refractivity (Wildman–Crippen MR) is 87.1 cm³/mol. The first-order valence-corrected chi connectivity index (χ1v) is 7.68. The molecule has 0 radical (unpaired) electrons. The molecule has 2 N–H and O–H groups in total. The van der Waals surface area contributed by atoms with E-state index in [1.54, 1.807) is 0 Å². The second-order valence-electron chi connectivity index (χ2n) is 5.09. The number of halogens is 1. The number of ether oxygens (including phenoxy) is 1. The Hall–Kier alpha value is -1.77. The van der Waals surface area contributed by atoms with Crippen molar-refractivity contribution in [1.29, 1.82) is 0 Å². The van der Waals surface area contributed by atoms with Crippen molar-refractivity contribution in [3.8, 4) is 0 Å². The Morgan fingerprint density at radius 1 is 1.55 bits per heavy atom. The summed E-state index contributed by atoms with van der Waals surface area (Å²) in [5, 5.41) is 12.2. The third-order valence-corrected chi connectivity index (χ3v) is 4.19. The summed E-state index contributed by atoms with van der Waals surface area (Å²) in [4.78, 5) is 17.2. The molecule has 22 heavy (non-hydrogen) atoms. The van der Waals surface area contributed by atoms with Crippen molar-refractivity contribution in [3.63, 3.8) is 0 Å². The fourth-order valence-corrected chi connectivity index (χ4v) is 3.03. The molecule has 0 saturated carbocycles. The lowest BCUT2D eigenvalue weighted by molar-refractivity contribution is -0.384. The van der Waals surface area contributed by atoms with Gasteiger partial charge in [-0.3, -0.25) is 10.1 Å². The van der Waals surface area contributed by atoms with Crippen molar-refractivity contribution >= 4 is 38.2 Å². The van der Waals surface area contributed by atoms with Gasteiger partial charge in [0, 0.05) is 29.5 Å². The number of nitrogens with two attached hydrogens (primary N) is 1. The Bertz CT molecular complexity index is 725. The largest absolute Gasteiger partial charge is 0.373 e. The molecule has 1 aliphatic heterocycles. The summed E-state index contributed by atoms with van der Waals surface area (Å²) >= 11 is 3.42. The number of anilines is 1. The number of fused-ring (bicyclic) bond motifs is 1. The summed E-state index contributed by atoms with van der Waals surface area (Å²) in [6.07, 6.45) is 1.20. The van der Waals surface area contributed by atoms with Crippen LogP contribution in [0, 0.1) is 10.1 Å². The molecule has 7 nitrogen and oxygen atoms in total. The number of nitrogens with zero attached hydrogens (tertiary/aromatic N) is 3. The van der Waals surface area contributed by atoms with Crippen LogP contribution >= 0.6 is 15.9 Å². The molecule has 8 heteroatoms. The van der Waals surface area contributed by atoms with Gasteiger partial charge in [-0.05, 0) is 18.2 Å². The highest BCUT2D eigenvalue weighted by molar-refractivity contribution is 9.10. The standard InChI is InChI=1S/C14H15BrN4O3/c15-9-1-2-12-11(5-9)14(13(7-17-12)19(20)21)18-3-4-22-10(6-16)8-18/h1-2,5,7,10H,3-4,6,8,16H2. The molecule has 2 aromatic rings. The number of nitro groups is 1. The van der Waals surface area contributed by atoms with E-state index >= 15 is 0 Å². The summed E-state index contributed by atoms with van der Waals surface area (Å²) in [7, 11) is 0. The summed E-state index contributed by atoms with van der Waals surface area (Å²) in [5.41, 5.74) is 6.98. The number of morpholine rings is 1. The maximum Gasteiger partial charge on any atom is 0.311 e. The molecule has 0 spiro atoms. The van der Waals surface area contributed by atoms with Crippen molar-refractivity contribution in [2.24, 2.45) is 5.73 Å². The van der Waals surface area contributed by atoms with E-state index < -0.39 is 4.92 Å². The van der Waals surface area contributed by atoms with Gasteiger partial charge in [0.2, 0.25) is 0 Å². The first-order valence-electron chi connectivity index (χ1n) is 6.89. The minimum atomic E-state index is -0.393. The van der Waals surface area contributed by atoms with E-state index in [1.807, 2.05) is 23.1 Å². The molecule has 1 unspecified atom stereocenters. The second-order valence-corrected chi connectivity index (χ2v) is 6.00. The molecule has 0 amide bonds. The van der Waals surface area contributed by atoms with Crippen molar-refractivity contribution in [2.75, 3.05) is 31.1 Å². The Balaban J connectivity index is 2.17. The zero-order valence-electron chi connectivity index (χ0n) is 11.7. The summed E-state index contributed by atoms with van der Waals surface area (Å²) in [6, 6.07) is 5.57. The van der Waals surface area contributed by atoms with Crippen LogP contribution in [0.2, 0.25) is 0 Å². The molecule has 2 heterocycles. The molecule has 1 fully saturated rings. The van der Waals surface area contributed by atoms with Gasteiger partial charge in [-0.25, -0.2) is 4.98 Å². The first kappa shape index (κ1) is 15.1. The highest BCUT2D eigenvalue weighted by Gasteiger charge is 2.28. The lowest BCUT2D eigenvalue weighted by atomic mass is 10.1. The average Bonchev–Trinajstić information content (AvgIpc) is 2.53. The summed E-state index contributed by atoms with van der Waals surface area (Å²) in [5.74, 6) is 0. The van der Waals surface area contributed by atoms with Crippen LogP contribution in [0.1, 0.15) is 0 Å². The van der Waals surface area contributed by atoms with E-state index in [0.717, 1.165) is 15.4 Å². The van der Waals surface area contributed by atoms with Gasteiger partial charge in [-0.2, -0.15) is 0 Å². The average molecular weight is 367 g/mol. The third-order valence-electron chi connectivity index (χ3n) is 3.70. The van der Waals surface area contributed by atoms with Crippen LogP contribution < -0.4 is 10.6 Å². The molecule has 0 aliphatic carbocycles. The van der Waals surface area contributed by atoms with Crippen molar-refractivity contribution in [1.82, 2.24) is 4.98 Å². The van der Waals surface area contributed by atoms with Crippen molar-refractivity contribution in [3.05, 3.63) is 39.0 Å². The third kappa shape index (κ3) is 2.77. The normalized spacial score (nSPS) is 18.6. The molecule has 1 aromatic heterocycles. The topological polar surface area (TPSA) is 94.5 Å². The second kappa shape index (κ2) is 6.15. The van der Waals surface area contributed by atoms with Crippen LogP contribution in [0.15, 0.2) is 28.9 Å². The Morgan fingerprint density at radius 3 is 3.09 bits per heavy atom. The molecule has 1 aromatic carbocycles. The molecule has 1 atom stereocenters. The number of hydrogen-bond donors (Lipinski definition) is 1. The van der Waals surface area contributed by atoms with Gasteiger partial charge >= 0.3 is 5.69 Å². The van der Waals surface area contributed by atoms with Crippen LogP contribution in [-0.4, -0.2) is 42.3 Å². The van der Waals surface area contributed by atoms with Crippen LogP contribution in [0.4, 0.5) is 11.4 Å². The fraction of sp³-hybridized carbons (Fsp3) is 0.357. The van der Waals surface area contributed by atoms with E-state index in [1.165, 1.54) is 6.20 Å². The van der Waals surface area contributed by atoms with Gasteiger partial charge in [0.05, 0.1) is 23.2 Å². The van der Waals surface area contributed by atoms with E-state index in [9.17, 15) is 10.1 Å². The number of pyridine rings is 1. The van der Waals surface area contributed by atoms with Gasteiger partial charge in [-0.1, -0.05) is 15.9 Å². The summed E-state index contributed by atoms with van der Waals surface area (Å²) in [6.45, 7) is 2.00. The van der Waals surface area contributed by atoms with E-state index in [0.29, 0.717) is 31.9 Å². The Kier molecular flexibility index (Phi) is 4.23.